The van der Waals surface area contributed by atoms with Crippen LogP contribution in [0.25, 0.3) is 0 Å². The topological polar surface area (TPSA) is 98.5 Å². The molecule has 0 saturated heterocycles. The zero-order valence-electron chi connectivity index (χ0n) is 11.0. The van der Waals surface area contributed by atoms with E-state index in [-0.39, 0.29) is 24.6 Å². The van der Waals surface area contributed by atoms with Gasteiger partial charge in [-0.1, -0.05) is 11.6 Å². The molecule has 0 aliphatic carbocycles. The van der Waals surface area contributed by atoms with Gasteiger partial charge >= 0.3 is 0 Å². The number of nitrogens with two attached hydrogens (primary N) is 1. The predicted molar refractivity (Wildman–Crippen MR) is 72.7 cm³/mol. The number of rotatable bonds is 6. The first kappa shape index (κ1) is 15.5. The van der Waals surface area contributed by atoms with Gasteiger partial charge in [-0.15, -0.1) is 0 Å². The molecule has 0 spiro atoms. The lowest BCUT2D eigenvalue weighted by atomic mass is 10.1. The maximum atomic E-state index is 11.9. The summed E-state index contributed by atoms with van der Waals surface area (Å²) in [7, 11) is -1.99. The second-order valence-electron chi connectivity index (χ2n) is 4.18. The van der Waals surface area contributed by atoms with Crippen LogP contribution in [0.3, 0.4) is 0 Å². The van der Waals surface area contributed by atoms with Crippen molar-refractivity contribution >= 4 is 15.9 Å². The molecule has 0 aliphatic rings. The highest BCUT2D eigenvalue weighted by molar-refractivity contribution is 7.89. The molecular formula is C12H18N2O4S. The minimum Gasteiger partial charge on any atom is -0.496 e. The van der Waals surface area contributed by atoms with E-state index in [2.05, 4.69) is 5.32 Å². The highest BCUT2D eigenvalue weighted by Gasteiger charge is 2.12. The van der Waals surface area contributed by atoms with Crippen LogP contribution in [0.4, 0.5) is 0 Å². The monoisotopic (exact) mass is 286 g/mol. The normalized spacial score (nSPS) is 11.1. The third-order valence-corrected chi connectivity index (χ3v) is 3.35. The Labute approximate surface area is 113 Å². The Morgan fingerprint density at radius 2 is 2.11 bits per heavy atom. The van der Waals surface area contributed by atoms with Crippen molar-refractivity contribution in [2.75, 3.05) is 19.4 Å². The van der Waals surface area contributed by atoms with Crippen LogP contribution in [0.1, 0.15) is 22.3 Å². The maximum Gasteiger partial charge on any atom is 0.255 e. The third-order valence-electron chi connectivity index (χ3n) is 2.49. The number of benzene rings is 1. The van der Waals surface area contributed by atoms with Gasteiger partial charge in [-0.3, -0.25) is 4.79 Å². The van der Waals surface area contributed by atoms with Gasteiger partial charge < -0.3 is 10.1 Å². The molecule has 0 aromatic heterocycles. The Bertz CT molecular complexity index is 555. The molecule has 106 valence electrons. The van der Waals surface area contributed by atoms with E-state index in [0.29, 0.717) is 11.3 Å². The maximum absolute atomic E-state index is 11.9. The van der Waals surface area contributed by atoms with Crippen LogP contribution in [0.15, 0.2) is 18.2 Å². The molecule has 0 unspecified atom stereocenters. The van der Waals surface area contributed by atoms with E-state index in [9.17, 15) is 13.2 Å². The Morgan fingerprint density at radius 3 is 2.68 bits per heavy atom. The largest absolute Gasteiger partial charge is 0.496 e. The first-order valence-electron chi connectivity index (χ1n) is 5.77. The van der Waals surface area contributed by atoms with Gasteiger partial charge in [0.05, 0.1) is 18.4 Å². The van der Waals surface area contributed by atoms with Crippen molar-refractivity contribution in [2.24, 2.45) is 5.14 Å². The molecule has 0 bridgehead atoms. The van der Waals surface area contributed by atoms with Crippen LogP contribution in [0, 0.1) is 6.92 Å². The average molecular weight is 286 g/mol. The Morgan fingerprint density at radius 1 is 1.42 bits per heavy atom. The van der Waals surface area contributed by atoms with E-state index in [1.807, 2.05) is 13.0 Å². The number of carbonyl (C=O) groups excluding carboxylic acids is 1. The standard InChI is InChI=1S/C12H18N2O4S/c1-9-4-5-11(18-2)10(8-9)12(15)14-6-3-7-19(13,16)17/h4-5,8H,3,6-7H2,1-2H3,(H,14,15)(H2,13,16,17). The number of methoxy groups -OCH3 is 1. The van der Waals surface area contributed by atoms with E-state index in [4.69, 9.17) is 9.88 Å². The number of ether oxygens (including phenoxy) is 1. The molecule has 0 saturated carbocycles. The number of sulfonamides is 1. The van der Waals surface area contributed by atoms with E-state index < -0.39 is 10.0 Å². The number of hydrogen-bond acceptors (Lipinski definition) is 4. The minimum atomic E-state index is -3.48. The van der Waals surface area contributed by atoms with Gasteiger partial charge in [0.25, 0.3) is 5.91 Å². The summed E-state index contributed by atoms with van der Waals surface area (Å²) in [6.45, 7) is 2.11. The number of nitrogens with one attached hydrogen (secondary N) is 1. The molecular weight excluding hydrogens is 268 g/mol. The summed E-state index contributed by atoms with van der Waals surface area (Å²) in [5.41, 5.74) is 1.37. The van der Waals surface area contributed by atoms with Crippen molar-refractivity contribution in [3.63, 3.8) is 0 Å². The zero-order chi connectivity index (χ0) is 14.5. The predicted octanol–water partition coefficient (Wildman–Crippen LogP) is 0.412. The lowest BCUT2D eigenvalue weighted by molar-refractivity contribution is 0.0950. The van der Waals surface area contributed by atoms with Crippen molar-refractivity contribution < 1.29 is 17.9 Å². The van der Waals surface area contributed by atoms with Gasteiger partial charge in [0.1, 0.15) is 5.75 Å². The van der Waals surface area contributed by atoms with Crippen LogP contribution in [-0.4, -0.2) is 33.7 Å². The summed E-state index contributed by atoms with van der Waals surface area (Å²) < 4.78 is 26.6. The molecule has 19 heavy (non-hydrogen) atoms. The highest BCUT2D eigenvalue weighted by atomic mass is 32.2. The summed E-state index contributed by atoms with van der Waals surface area (Å²) in [6, 6.07) is 5.28. The minimum absolute atomic E-state index is 0.155. The molecule has 0 heterocycles. The van der Waals surface area contributed by atoms with Crippen LogP contribution >= 0.6 is 0 Å². The molecule has 0 aliphatic heterocycles. The summed E-state index contributed by atoms with van der Waals surface area (Å²) >= 11 is 0. The summed E-state index contributed by atoms with van der Waals surface area (Å²) in [5.74, 6) is 0.0302. The van der Waals surface area contributed by atoms with Gasteiger partial charge in [0.15, 0.2) is 0 Å². The molecule has 1 aromatic rings. The fraction of sp³-hybridized carbons (Fsp3) is 0.417. The number of aryl methyl sites for hydroxylation is 1. The van der Waals surface area contributed by atoms with Crippen molar-refractivity contribution in [2.45, 2.75) is 13.3 Å². The molecule has 1 rings (SSSR count). The number of hydrogen-bond donors (Lipinski definition) is 2. The van der Waals surface area contributed by atoms with Crippen LogP contribution in [0.5, 0.6) is 5.75 Å². The van der Waals surface area contributed by atoms with Crippen molar-refractivity contribution in [3.05, 3.63) is 29.3 Å². The average Bonchev–Trinajstić information content (AvgIpc) is 2.33. The van der Waals surface area contributed by atoms with Crippen LogP contribution in [-0.2, 0) is 10.0 Å². The van der Waals surface area contributed by atoms with E-state index in [1.54, 1.807) is 12.1 Å². The Hall–Kier alpha value is -1.60. The van der Waals surface area contributed by atoms with Gasteiger partial charge in [-0.2, -0.15) is 0 Å². The molecule has 0 atom stereocenters. The molecule has 0 radical (unpaired) electrons. The van der Waals surface area contributed by atoms with Crippen molar-refractivity contribution in [1.82, 2.24) is 5.32 Å². The number of primary sulfonamides is 1. The van der Waals surface area contributed by atoms with Gasteiger partial charge in [0.2, 0.25) is 10.0 Å². The third kappa shape index (κ3) is 5.27. The Kier molecular flexibility index (Phi) is 5.31. The second-order valence-corrected chi connectivity index (χ2v) is 5.91. The quantitative estimate of drug-likeness (QED) is 0.740. The van der Waals surface area contributed by atoms with Crippen molar-refractivity contribution in [1.29, 1.82) is 0 Å². The molecule has 1 amide bonds. The molecule has 3 N–H and O–H groups in total. The number of amides is 1. The Balaban J connectivity index is 2.61. The second kappa shape index (κ2) is 6.53. The number of carbonyl (C=O) groups is 1. The van der Waals surface area contributed by atoms with Gasteiger partial charge in [-0.05, 0) is 25.5 Å². The van der Waals surface area contributed by atoms with E-state index in [1.165, 1.54) is 7.11 Å². The van der Waals surface area contributed by atoms with E-state index >= 15 is 0 Å². The lowest BCUT2D eigenvalue weighted by Crippen LogP contribution is -2.27. The summed E-state index contributed by atoms with van der Waals surface area (Å²) in [4.78, 5) is 11.9. The fourth-order valence-corrected chi connectivity index (χ4v) is 2.12. The van der Waals surface area contributed by atoms with Gasteiger partial charge in [0, 0.05) is 6.54 Å². The lowest BCUT2D eigenvalue weighted by Gasteiger charge is -2.10. The molecule has 7 heteroatoms. The van der Waals surface area contributed by atoms with Crippen LogP contribution in [0.2, 0.25) is 0 Å². The summed E-state index contributed by atoms with van der Waals surface area (Å²) in [6.07, 6.45) is 0.276. The van der Waals surface area contributed by atoms with Gasteiger partial charge in [-0.25, -0.2) is 13.6 Å². The van der Waals surface area contributed by atoms with Crippen molar-refractivity contribution in [3.8, 4) is 5.75 Å². The highest BCUT2D eigenvalue weighted by Crippen LogP contribution is 2.19. The first-order valence-corrected chi connectivity index (χ1v) is 7.48. The SMILES string of the molecule is COc1ccc(C)cc1C(=O)NCCCS(N)(=O)=O. The fourth-order valence-electron chi connectivity index (χ4n) is 1.57. The molecule has 0 fully saturated rings. The molecule has 6 nitrogen and oxygen atoms in total. The summed E-state index contributed by atoms with van der Waals surface area (Å²) in [5, 5.41) is 7.50. The van der Waals surface area contributed by atoms with E-state index in [0.717, 1.165) is 5.56 Å². The first-order chi connectivity index (χ1) is 8.83. The molecule has 1 aromatic carbocycles. The van der Waals surface area contributed by atoms with Crippen LogP contribution < -0.4 is 15.2 Å². The smallest absolute Gasteiger partial charge is 0.255 e. The zero-order valence-corrected chi connectivity index (χ0v) is 11.8.